The Morgan fingerprint density at radius 3 is 2.57 bits per heavy atom. The third-order valence-electron chi connectivity index (χ3n) is 5.50. The molecule has 3 aromatic rings. The van der Waals surface area contributed by atoms with Crippen LogP contribution in [-0.4, -0.2) is 57.0 Å². The topological polar surface area (TPSA) is 125 Å². The molecule has 0 unspecified atom stereocenters. The highest BCUT2D eigenvalue weighted by molar-refractivity contribution is 6.33. The molecule has 0 radical (unpaired) electrons. The summed E-state index contributed by atoms with van der Waals surface area (Å²) in [6.45, 7) is 1.26. The number of nitrogens with zero attached hydrogens (tertiary/aromatic N) is 1. The molecule has 0 bridgehead atoms. The molecule has 2 heterocycles. The van der Waals surface area contributed by atoms with Crippen LogP contribution in [0, 0.1) is 6.92 Å². The number of aromatic nitrogens is 1. The molecule has 0 saturated carbocycles. The molecule has 0 amide bonds. The van der Waals surface area contributed by atoms with Gasteiger partial charge in [-0.15, -0.1) is 0 Å². The summed E-state index contributed by atoms with van der Waals surface area (Å²) in [5, 5.41) is 41.2. The van der Waals surface area contributed by atoms with Crippen LogP contribution in [0.15, 0.2) is 33.0 Å². The minimum Gasteiger partial charge on any atom is -0.505 e. The molecule has 1 aliphatic carbocycles. The molecule has 1 aliphatic rings. The number of ether oxygens (including phenoxy) is 1. The molecule has 0 spiro atoms. The Hall–Kier alpha value is -2.07. The standard InChI is InChI=1S/C20H19Cl2NO7/c1-7-3-10(21)15(26)13-14(25)9-5-12(22)23(20(9)30-18(7)13)11-4-8(6-24)19(29-2)17(28)16(11)27/h3-5,11,16-17,19,24,26-28H,6H2,1-2H3/t11-,16-,17-,19-/m1/s1. The third-order valence-corrected chi connectivity index (χ3v) is 6.08. The highest BCUT2D eigenvalue weighted by Gasteiger charge is 2.40. The van der Waals surface area contributed by atoms with Gasteiger partial charge in [-0.05, 0) is 30.2 Å². The zero-order chi connectivity index (χ0) is 21.9. The van der Waals surface area contributed by atoms with Crippen LogP contribution in [-0.2, 0) is 4.74 Å². The van der Waals surface area contributed by atoms with E-state index in [0.717, 1.165) is 0 Å². The summed E-state index contributed by atoms with van der Waals surface area (Å²) in [5.41, 5.74) is 0.496. The van der Waals surface area contributed by atoms with Crippen molar-refractivity contribution in [2.24, 2.45) is 0 Å². The number of phenols is 1. The average Bonchev–Trinajstić information content (AvgIpc) is 3.04. The minimum atomic E-state index is -1.36. The first-order valence-electron chi connectivity index (χ1n) is 9.06. The molecule has 0 fully saturated rings. The van der Waals surface area contributed by atoms with E-state index >= 15 is 0 Å². The van der Waals surface area contributed by atoms with Gasteiger partial charge in [0.2, 0.25) is 11.1 Å². The smallest absolute Gasteiger partial charge is 0.213 e. The number of aryl methyl sites for hydroxylation is 1. The number of aliphatic hydroxyl groups excluding tert-OH is 3. The Morgan fingerprint density at radius 1 is 1.23 bits per heavy atom. The van der Waals surface area contributed by atoms with Crippen LogP contribution in [0.5, 0.6) is 5.75 Å². The van der Waals surface area contributed by atoms with Gasteiger partial charge in [0, 0.05) is 7.11 Å². The van der Waals surface area contributed by atoms with Crippen LogP contribution in [0.2, 0.25) is 10.2 Å². The van der Waals surface area contributed by atoms with Crippen LogP contribution in [0.4, 0.5) is 0 Å². The normalized spacial score (nSPS) is 24.6. The van der Waals surface area contributed by atoms with Crippen molar-refractivity contribution in [2.75, 3.05) is 13.7 Å². The molecule has 8 nitrogen and oxygen atoms in total. The van der Waals surface area contributed by atoms with E-state index in [0.29, 0.717) is 11.1 Å². The summed E-state index contributed by atoms with van der Waals surface area (Å²) in [7, 11) is 1.36. The van der Waals surface area contributed by atoms with Gasteiger partial charge in [-0.1, -0.05) is 29.3 Å². The monoisotopic (exact) mass is 455 g/mol. The summed E-state index contributed by atoms with van der Waals surface area (Å²) in [6.07, 6.45) is -2.08. The number of methoxy groups -OCH3 is 1. The Bertz CT molecular complexity index is 1250. The minimum absolute atomic E-state index is 0.0177. The third kappa shape index (κ3) is 2.95. The number of aliphatic hydroxyl groups is 3. The highest BCUT2D eigenvalue weighted by atomic mass is 35.5. The quantitative estimate of drug-likeness (QED) is 0.446. The lowest BCUT2D eigenvalue weighted by molar-refractivity contribution is -0.0827. The molecule has 1 aromatic carbocycles. The van der Waals surface area contributed by atoms with Crippen molar-refractivity contribution in [1.82, 2.24) is 4.57 Å². The van der Waals surface area contributed by atoms with E-state index in [1.54, 1.807) is 6.92 Å². The Balaban J connectivity index is 2.05. The molecule has 0 aliphatic heterocycles. The van der Waals surface area contributed by atoms with Crippen LogP contribution in [0.3, 0.4) is 0 Å². The Morgan fingerprint density at radius 2 is 1.93 bits per heavy atom. The molecule has 4 N–H and O–H groups in total. The van der Waals surface area contributed by atoms with Gasteiger partial charge in [0.25, 0.3) is 0 Å². The van der Waals surface area contributed by atoms with Gasteiger partial charge < -0.3 is 29.6 Å². The second-order valence-corrected chi connectivity index (χ2v) is 8.04. The molecule has 160 valence electrons. The fourth-order valence-electron chi connectivity index (χ4n) is 4.02. The predicted molar refractivity (Wildman–Crippen MR) is 111 cm³/mol. The number of fused-ring (bicyclic) bond motifs is 2. The van der Waals surface area contributed by atoms with Crippen molar-refractivity contribution in [2.45, 2.75) is 31.3 Å². The summed E-state index contributed by atoms with van der Waals surface area (Å²) >= 11 is 12.4. The van der Waals surface area contributed by atoms with Gasteiger partial charge in [0.15, 0.2) is 0 Å². The van der Waals surface area contributed by atoms with E-state index in [-0.39, 0.29) is 32.2 Å². The van der Waals surface area contributed by atoms with Crippen molar-refractivity contribution in [3.63, 3.8) is 0 Å². The summed E-state index contributed by atoms with van der Waals surface area (Å²) in [6, 6.07) is 1.88. The molecule has 4 atom stereocenters. The van der Waals surface area contributed by atoms with Crippen LogP contribution < -0.4 is 5.43 Å². The first kappa shape index (κ1) is 21.2. The van der Waals surface area contributed by atoms with Crippen molar-refractivity contribution in [3.05, 3.63) is 49.7 Å². The van der Waals surface area contributed by atoms with Gasteiger partial charge in [-0.3, -0.25) is 9.36 Å². The lowest BCUT2D eigenvalue weighted by atomic mass is 9.88. The van der Waals surface area contributed by atoms with E-state index in [1.807, 2.05) is 0 Å². The Labute approximate surface area is 180 Å². The molecule has 2 aromatic heterocycles. The second-order valence-electron chi connectivity index (χ2n) is 7.24. The first-order chi connectivity index (χ1) is 14.2. The fourth-order valence-corrected chi connectivity index (χ4v) is 4.57. The van der Waals surface area contributed by atoms with E-state index in [2.05, 4.69) is 0 Å². The van der Waals surface area contributed by atoms with Crippen molar-refractivity contribution < 1.29 is 29.6 Å². The van der Waals surface area contributed by atoms with Gasteiger partial charge in [-0.2, -0.15) is 0 Å². The highest BCUT2D eigenvalue weighted by Crippen LogP contribution is 2.39. The Kier molecular flexibility index (Phi) is 5.34. The molecule has 4 rings (SSSR count). The van der Waals surface area contributed by atoms with Gasteiger partial charge in [-0.25, -0.2) is 0 Å². The number of aromatic hydroxyl groups is 1. The van der Waals surface area contributed by atoms with Crippen molar-refractivity contribution in [3.8, 4) is 5.75 Å². The zero-order valence-corrected chi connectivity index (χ0v) is 17.5. The largest absolute Gasteiger partial charge is 0.505 e. The van der Waals surface area contributed by atoms with Crippen molar-refractivity contribution >= 4 is 45.3 Å². The molecular weight excluding hydrogens is 437 g/mol. The number of halogens is 2. The van der Waals surface area contributed by atoms with E-state index in [1.165, 1.54) is 29.9 Å². The zero-order valence-electron chi connectivity index (χ0n) is 16.0. The fraction of sp³-hybridized carbons (Fsp3) is 0.350. The molecule has 10 heteroatoms. The summed E-state index contributed by atoms with van der Waals surface area (Å²) in [4.78, 5) is 13.1. The lowest BCUT2D eigenvalue weighted by Gasteiger charge is -2.36. The van der Waals surface area contributed by atoms with E-state index in [9.17, 15) is 25.2 Å². The molecular formula is C20H19Cl2NO7. The van der Waals surface area contributed by atoms with Gasteiger partial charge in [0.1, 0.15) is 40.2 Å². The van der Waals surface area contributed by atoms with E-state index < -0.39 is 42.1 Å². The lowest BCUT2D eigenvalue weighted by Crippen LogP contribution is -2.48. The van der Waals surface area contributed by atoms with Crippen LogP contribution in [0.1, 0.15) is 11.6 Å². The van der Waals surface area contributed by atoms with E-state index in [4.69, 9.17) is 32.4 Å². The first-order valence-corrected chi connectivity index (χ1v) is 9.82. The maximum atomic E-state index is 13.1. The average molecular weight is 456 g/mol. The number of hydrogen-bond acceptors (Lipinski definition) is 7. The molecule has 30 heavy (non-hydrogen) atoms. The van der Waals surface area contributed by atoms with Crippen LogP contribution in [0.25, 0.3) is 22.1 Å². The predicted octanol–water partition coefficient (Wildman–Crippen LogP) is 2.28. The number of hydrogen-bond donors (Lipinski definition) is 4. The van der Waals surface area contributed by atoms with Crippen LogP contribution >= 0.6 is 23.2 Å². The molecule has 0 saturated heterocycles. The summed E-state index contributed by atoms with van der Waals surface area (Å²) in [5.74, 6) is -0.393. The van der Waals surface area contributed by atoms with Crippen molar-refractivity contribution in [1.29, 1.82) is 0 Å². The van der Waals surface area contributed by atoms with Gasteiger partial charge in [0.05, 0.1) is 23.1 Å². The maximum Gasteiger partial charge on any atom is 0.213 e. The number of rotatable bonds is 3. The summed E-state index contributed by atoms with van der Waals surface area (Å²) < 4.78 is 12.5. The number of phenolic OH excluding ortho intramolecular Hbond substituents is 1. The second kappa shape index (κ2) is 7.56. The SMILES string of the molecule is CO[C@@H]1C(CO)=C[C@@H](n2c(Cl)cc3c(=O)c4c(O)c(Cl)cc(C)c4oc32)[C@@H](O)[C@H]1O. The number of benzene rings is 1. The van der Waals surface area contributed by atoms with Gasteiger partial charge >= 0.3 is 0 Å². The maximum absolute atomic E-state index is 13.1.